The number of aryl methyl sites for hydroxylation is 1. The van der Waals surface area contributed by atoms with E-state index < -0.39 is 0 Å². The molecule has 1 amide bonds. The van der Waals surface area contributed by atoms with Gasteiger partial charge in [0, 0.05) is 32.2 Å². The van der Waals surface area contributed by atoms with Crippen molar-refractivity contribution in [2.75, 3.05) is 40.9 Å². The minimum Gasteiger partial charge on any atom is -0.497 e. The van der Waals surface area contributed by atoms with Crippen molar-refractivity contribution in [2.24, 2.45) is 4.99 Å². The lowest BCUT2D eigenvalue weighted by molar-refractivity contribution is 0.0954. The number of hydrogen-bond donors (Lipinski definition) is 3. The summed E-state index contributed by atoms with van der Waals surface area (Å²) in [7, 11) is 4.98. The fourth-order valence-electron chi connectivity index (χ4n) is 2.79. The standard InChI is InChI=1S/C22H30N4O3/c1-16-8-9-17(14-20(16)29-4)10-11-25-22(23-2)26-13-12-24-21(27)18-6-5-7-19(15-18)28-3/h5-9,14-15H,10-13H2,1-4H3,(H,24,27)(H2,23,25,26). The molecule has 2 aromatic rings. The lowest BCUT2D eigenvalue weighted by Crippen LogP contribution is -2.42. The first-order valence-electron chi connectivity index (χ1n) is 9.57. The molecule has 0 heterocycles. The Morgan fingerprint density at radius 1 is 0.966 bits per heavy atom. The van der Waals surface area contributed by atoms with Crippen molar-refractivity contribution < 1.29 is 14.3 Å². The molecule has 156 valence electrons. The van der Waals surface area contributed by atoms with Crippen molar-refractivity contribution in [1.29, 1.82) is 0 Å². The van der Waals surface area contributed by atoms with E-state index in [9.17, 15) is 4.79 Å². The van der Waals surface area contributed by atoms with E-state index >= 15 is 0 Å². The molecule has 2 rings (SSSR count). The number of carbonyl (C=O) groups excluding carboxylic acids is 1. The van der Waals surface area contributed by atoms with Crippen LogP contribution < -0.4 is 25.4 Å². The largest absolute Gasteiger partial charge is 0.497 e. The summed E-state index contributed by atoms with van der Waals surface area (Å²) in [4.78, 5) is 16.4. The molecule has 0 atom stereocenters. The number of guanidine groups is 1. The number of benzene rings is 2. The minimum atomic E-state index is -0.137. The van der Waals surface area contributed by atoms with Crippen LogP contribution in [0.2, 0.25) is 0 Å². The van der Waals surface area contributed by atoms with E-state index in [0.29, 0.717) is 30.4 Å². The van der Waals surface area contributed by atoms with Gasteiger partial charge in [-0.3, -0.25) is 9.79 Å². The average molecular weight is 399 g/mol. The molecule has 0 bridgehead atoms. The van der Waals surface area contributed by atoms with Crippen LogP contribution in [0, 0.1) is 6.92 Å². The molecule has 0 aliphatic rings. The van der Waals surface area contributed by atoms with Crippen LogP contribution in [-0.4, -0.2) is 52.8 Å². The summed E-state index contributed by atoms with van der Waals surface area (Å²) in [6.45, 7) is 3.81. The second kappa shape index (κ2) is 11.6. The van der Waals surface area contributed by atoms with Gasteiger partial charge in [-0.15, -0.1) is 0 Å². The van der Waals surface area contributed by atoms with Gasteiger partial charge in [0.2, 0.25) is 0 Å². The molecule has 0 fully saturated rings. The van der Waals surface area contributed by atoms with E-state index in [2.05, 4.69) is 39.1 Å². The van der Waals surface area contributed by atoms with Crippen LogP contribution in [0.15, 0.2) is 47.5 Å². The second-order valence-electron chi connectivity index (χ2n) is 6.47. The minimum absolute atomic E-state index is 0.137. The molecule has 0 aliphatic heterocycles. The van der Waals surface area contributed by atoms with Crippen LogP contribution in [0.25, 0.3) is 0 Å². The van der Waals surface area contributed by atoms with Gasteiger partial charge in [-0.1, -0.05) is 18.2 Å². The molecular formula is C22H30N4O3. The zero-order chi connectivity index (χ0) is 21.1. The summed E-state index contributed by atoms with van der Waals surface area (Å²) in [5, 5.41) is 9.34. The highest BCUT2D eigenvalue weighted by Gasteiger charge is 2.06. The normalized spacial score (nSPS) is 11.0. The van der Waals surface area contributed by atoms with E-state index in [0.717, 1.165) is 24.3 Å². The lowest BCUT2D eigenvalue weighted by atomic mass is 10.1. The first kappa shape index (κ1) is 22.1. The first-order valence-corrected chi connectivity index (χ1v) is 9.57. The van der Waals surface area contributed by atoms with Crippen LogP contribution in [0.4, 0.5) is 0 Å². The zero-order valence-corrected chi connectivity index (χ0v) is 17.5. The van der Waals surface area contributed by atoms with Crippen LogP contribution in [-0.2, 0) is 6.42 Å². The van der Waals surface area contributed by atoms with Crippen molar-refractivity contribution in [3.63, 3.8) is 0 Å². The molecule has 7 heteroatoms. The average Bonchev–Trinajstić information content (AvgIpc) is 2.76. The molecule has 29 heavy (non-hydrogen) atoms. The topological polar surface area (TPSA) is 84.0 Å². The van der Waals surface area contributed by atoms with Crippen molar-refractivity contribution in [3.8, 4) is 11.5 Å². The van der Waals surface area contributed by atoms with Gasteiger partial charge in [-0.25, -0.2) is 0 Å². The van der Waals surface area contributed by atoms with Gasteiger partial charge in [0.15, 0.2) is 5.96 Å². The Morgan fingerprint density at radius 3 is 2.45 bits per heavy atom. The predicted molar refractivity (Wildman–Crippen MR) is 116 cm³/mol. The fraction of sp³-hybridized carbons (Fsp3) is 0.364. The quantitative estimate of drug-likeness (QED) is 0.342. The number of aliphatic imine (C=N–C) groups is 1. The number of methoxy groups -OCH3 is 2. The van der Waals surface area contributed by atoms with Gasteiger partial charge >= 0.3 is 0 Å². The number of ether oxygens (including phenoxy) is 2. The lowest BCUT2D eigenvalue weighted by Gasteiger charge is -2.13. The van der Waals surface area contributed by atoms with Crippen molar-refractivity contribution in [1.82, 2.24) is 16.0 Å². The maximum absolute atomic E-state index is 12.2. The van der Waals surface area contributed by atoms with Gasteiger partial charge in [0.25, 0.3) is 5.91 Å². The number of amides is 1. The number of nitrogens with one attached hydrogen (secondary N) is 3. The molecule has 0 spiro atoms. The summed E-state index contributed by atoms with van der Waals surface area (Å²) in [6.07, 6.45) is 0.851. The first-order chi connectivity index (χ1) is 14.1. The molecule has 7 nitrogen and oxygen atoms in total. The molecule has 3 N–H and O–H groups in total. The molecule has 0 radical (unpaired) electrons. The number of nitrogens with zero attached hydrogens (tertiary/aromatic N) is 1. The number of rotatable bonds is 9. The highest BCUT2D eigenvalue weighted by atomic mass is 16.5. The van der Waals surface area contributed by atoms with E-state index in [1.165, 1.54) is 5.56 Å². The SMILES string of the molecule is CN=C(NCCNC(=O)c1cccc(OC)c1)NCCc1ccc(C)c(OC)c1. The Hall–Kier alpha value is -3.22. The zero-order valence-electron chi connectivity index (χ0n) is 17.5. The predicted octanol–water partition coefficient (Wildman–Crippen LogP) is 2.15. The van der Waals surface area contributed by atoms with Crippen LogP contribution in [0.3, 0.4) is 0 Å². The summed E-state index contributed by atoms with van der Waals surface area (Å²) in [5.41, 5.74) is 2.89. The van der Waals surface area contributed by atoms with Gasteiger partial charge in [-0.2, -0.15) is 0 Å². The van der Waals surface area contributed by atoms with E-state index in [4.69, 9.17) is 9.47 Å². The Labute approximate surface area is 172 Å². The molecule has 0 saturated carbocycles. The molecule has 0 saturated heterocycles. The van der Waals surface area contributed by atoms with Gasteiger partial charge in [0.1, 0.15) is 11.5 Å². The van der Waals surface area contributed by atoms with E-state index in [1.807, 2.05) is 6.92 Å². The maximum Gasteiger partial charge on any atom is 0.251 e. The van der Waals surface area contributed by atoms with Crippen molar-refractivity contribution in [3.05, 3.63) is 59.2 Å². The molecular weight excluding hydrogens is 368 g/mol. The van der Waals surface area contributed by atoms with Gasteiger partial charge in [0.05, 0.1) is 14.2 Å². The molecule has 0 aromatic heterocycles. The van der Waals surface area contributed by atoms with Gasteiger partial charge in [-0.05, 0) is 48.7 Å². The van der Waals surface area contributed by atoms with Gasteiger partial charge < -0.3 is 25.4 Å². The van der Waals surface area contributed by atoms with Crippen LogP contribution >= 0.6 is 0 Å². The van der Waals surface area contributed by atoms with E-state index in [1.54, 1.807) is 45.5 Å². The summed E-state index contributed by atoms with van der Waals surface area (Å²) in [5.74, 6) is 2.12. The molecule has 0 unspecified atom stereocenters. The molecule has 0 aliphatic carbocycles. The summed E-state index contributed by atoms with van der Waals surface area (Å²) < 4.78 is 10.5. The number of carbonyl (C=O) groups is 1. The maximum atomic E-state index is 12.2. The summed E-state index contributed by atoms with van der Waals surface area (Å²) in [6, 6.07) is 13.3. The highest BCUT2D eigenvalue weighted by Crippen LogP contribution is 2.19. The third-order valence-corrected chi connectivity index (χ3v) is 4.44. The smallest absolute Gasteiger partial charge is 0.251 e. The van der Waals surface area contributed by atoms with Crippen LogP contribution in [0.5, 0.6) is 11.5 Å². The van der Waals surface area contributed by atoms with Crippen LogP contribution in [0.1, 0.15) is 21.5 Å². The fourth-order valence-corrected chi connectivity index (χ4v) is 2.79. The molecule has 2 aromatic carbocycles. The monoisotopic (exact) mass is 398 g/mol. The highest BCUT2D eigenvalue weighted by molar-refractivity contribution is 5.94. The summed E-state index contributed by atoms with van der Waals surface area (Å²) >= 11 is 0. The third kappa shape index (κ3) is 7.03. The van der Waals surface area contributed by atoms with Crippen molar-refractivity contribution >= 4 is 11.9 Å². The Kier molecular flexibility index (Phi) is 8.82. The Balaban J connectivity index is 1.70. The van der Waals surface area contributed by atoms with E-state index in [-0.39, 0.29) is 5.91 Å². The third-order valence-electron chi connectivity index (χ3n) is 4.44. The Bertz CT molecular complexity index is 837. The second-order valence-corrected chi connectivity index (χ2v) is 6.47. The van der Waals surface area contributed by atoms with Crippen molar-refractivity contribution in [2.45, 2.75) is 13.3 Å². The Morgan fingerprint density at radius 2 is 1.72 bits per heavy atom. The number of hydrogen-bond acceptors (Lipinski definition) is 4.